The summed E-state index contributed by atoms with van der Waals surface area (Å²) in [4.78, 5) is 12.4. The minimum Gasteiger partial charge on any atom is -0.493 e. The molecule has 5 nitrogen and oxygen atoms in total. The Balaban J connectivity index is 1.67. The molecule has 0 saturated carbocycles. The first-order chi connectivity index (χ1) is 12.8. The first kappa shape index (κ1) is 18.3. The molecule has 5 heteroatoms. The summed E-state index contributed by atoms with van der Waals surface area (Å²) in [5.41, 5.74) is 1.44. The third-order valence-electron chi connectivity index (χ3n) is 4.27. The number of para-hydroxylation sites is 1. The fraction of sp³-hybridized carbons (Fsp3) is 0.381. The summed E-state index contributed by atoms with van der Waals surface area (Å²) in [5.74, 6) is 1.41. The standard InChI is InChI=1S/C21H25NO4/c1-2-24-20-11-10-16(21(23)22-14-19-9-6-12-25-19)13-17(20)15-26-18-7-4-3-5-8-18/h3-5,7-8,10-11,13,19H,2,6,9,12,14-15H2,1H3,(H,22,23)/t19-/m1/s1. The quantitative estimate of drug-likeness (QED) is 0.786. The third-order valence-corrected chi connectivity index (χ3v) is 4.27. The van der Waals surface area contributed by atoms with E-state index in [1.807, 2.05) is 49.4 Å². The molecule has 1 N–H and O–H groups in total. The molecule has 1 amide bonds. The number of amides is 1. The Hall–Kier alpha value is -2.53. The summed E-state index contributed by atoms with van der Waals surface area (Å²) in [6.07, 6.45) is 2.19. The molecule has 1 saturated heterocycles. The van der Waals surface area contributed by atoms with Crippen LogP contribution in [0.15, 0.2) is 48.5 Å². The van der Waals surface area contributed by atoms with Crippen LogP contribution in [-0.4, -0.2) is 31.8 Å². The average molecular weight is 355 g/mol. The second kappa shape index (κ2) is 9.25. The molecule has 1 atom stereocenters. The van der Waals surface area contributed by atoms with Crippen molar-refractivity contribution in [2.24, 2.45) is 0 Å². The van der Waals surface area contributed by atoms with Crippen LogP contribution in [0.3, 0.4) is 0 Å². The molecule has 1 fully saturated rings. The highest BCUT2D eigenvalue weighted by molar-refractivity contribution is 5.94. The van der Waals surface area contributed by atoms with Crippen molar-refractivity contribution < 1.29 is 19.0 Å². The van der Waals surface area contributed by atoms with Crippen molar-refractivity contribution in [3.05, 3.63) is 59.7 Å². The molecule has 1 aliphatic heterocycles. The third kappa shape index (κ3) is 4.99. The van der Waals surface area contributed by atoms with Crippen molar-refractivity contribution in [2.45, 2.75) is 32.5 Å². The molecule has 138 valence electrons. The van der Waals surface area contributed by atoms with E-state index in [1.165, 1.54) is 0 Å². The maximum absolute atomic E-state index is 12.4. The van der Waals surface area contributed by atoms with Crippen LogP contribution in [-0.2, 0) is 11.3 Å². The number of ether oxygens (including phenoxy) is 3. The lowest BCUT2D eigenvalue weighted by Crippen LogP contribution is -2.31. The zero-order valence-corrected chi connectivity index (χ0v) is 15.1. The van der Waals surface area contributed by atoms with Gasteiger partial charge in [-0.15, -0.1) is 0 Å². The van der Waals surface area contributed by atoms with E-state index >= 15 is 0 Å². The van der Waals surface area contributed by atoms with E-state index in [4.69, 9.17) is 14.2 Å². The number of hydrogen-bond donors (Lipinski definition) is 1. The number of carbonyl (C=O) groups excluding carboxylic acids is 1. The molecule has 2 aromatic rings. The molecule has 1 aliphatic rings. The Morgan fingerprint density at radius 2 is 2.04 bits per heavy atom. The highest BCUT2D eigenvalue weighted by Crippen LogP contribution is 2.23. The number of rotatable bonds is 8. The van der Waals surface area contributed by atoms with Gasteiger partial charge < -0.3 is 19.5 Å². The maximum atomic E-state index is 12.4. The maximum Gasteiger partial charge on any atom is 0.251 e. The molecule has 0 radical (unpaired) electrons. The molecule has 3 rings (SSSR count). The smallest absolute Gasteiger partial charge is 0.251 e. The summed E-state index contributed by atoms with van der Waals surface area (Å²) >= 11 is 0. The van der Waals surface area contributed by atoms with E-state index in [0.717, 1.165) is 36.5 Å². The number of carbonyl (C=O) groups is 1. The molecule has 0 aliphatic carbocycles. The SMILES string of the molecule is CCOc1ccc(C(=O)NC[C@H]2CCCO2)cc1COc1ccccc1. The van der Waals surface area contributed by atoms with Gasteiger partial charge in [-0.1, -0.05) is 18.2 Å². The van der Waals surface area contributed by atoms with Crippen LogP contribution >= 0.6 is 0 Å². The molecule has 2 aromatic carbocycles. The van der Waals surface area contributed by atoms with Crippen LogP contribution in [0.5, 0.6) is 11.5 Å². The number of nitrogens with one attached hydrogen (secondary N) is 1. The van der Waals surface area contributed by atoms with Gasteiger partial charge in [0.15, 0.2) is 0 Å². The first-order valence-corrected chi connectivity index (χ1v) is 9.09. The highest BCUT2D eigenvalue weighted by Gasteiger charge is 2.17. The van der Waals surface area contributed by atoms with Gasteiger partial charge in [-0.2, -0.15) is 0 Å². The largest absolute Gasteiger partial charge is 0.493 e. The lowest BCUT2D eigenvalue weighted by atomic mass is 10.1. The summed E-state index contributed by atoms with van der Waals surface area (Å²) in [6.45, 7) is 4.16. The van der Waals surface area contributed by atoms with Crippen LogP contribution in [0.25, 0.3) is 0 Å². The lowest BCUT2D eigenvalue weighted by molar-refractivity contribution is 0.0857. The van der Waals surface area contributed by atoms with Crippen LogP contribution in [0.2, 0.25) is 0 Å². The van der Waals surface area contributed by atoms with Crippen molar-refractivity contribution in [2.75, 3.05) is 19.8 Å². The van der Waals surface area contributed by atoms with Gasteiger partial charge in [-0.3, -0.25) is 4.79 Å². The van der Waals surface area contributed by atoms with E-state index < -0.39 is 0 Å². The summed E-state index contributed by atoms with van der Waals surface area (Å²) in [5, 5.41) is 2.95. The van der Waals surface area contributed by atoms with Crippen LogP contribution in [0, 0.1) is 0 Å². The number of benzene rings is 2. The molecule has 26 heavy (non-hydrogen) atoms. The van der Waals surface area contributed by atoms with Gasteiger partial charge in [0.25, 0.3) is 5.91 Å². The van der Waals surface area contributed by atoms with Gasteiger partial charge in [-0.25, -0.2) is 0 Å². The van der Waals surface area contributed by atoms with Gasteiger partial charge in [-0.05, 0) is 50.1 Å². The van der Waals surface area contributed by atoms with Gasteiger partial charge in [0.05, 0.1) is 12.7 Å². The highest BCUT2D eigenvalue weighted by atomic mass is 16.5. The predicted octanol–water partition coefficient (Wildman–Crippen LogP) is 3.57. The Bertz CT molecular complexity index is 711. The molecule has 0 unspecified atom stereocenters. The molecular formula is C21H25NO4. The van der Waals surface area contributed by atoms with Crippen molar-refractivity contribution in [3.8, 4) is 11.5 Å². The van der Waals surface area contributed by atoms with Gasteiger partial charge in [0, 0.05) is 24.3 Å². The van der Waals surface area contributed by atoms with E-state index in [0.29, 0.717) is 25.3 Å². The van der Waals surface area contributed by atoms with E-state index in [-0.39, 0.29) is 12.0 Å². The molecule has 0 aromatic heterocycles. The number of hydrogen-bond acceptors (Lipinski definition) is 4. The van der Waals surface area contributed by atoms with Crippen LogP contribution in [0.4, 0.5) is 0 Å². The van der Waals surface area contributed by atoms with Crippen molar-refractivity contribution in [1.29, 1.82) is 0 Å². The van der Waals surface area contributed by atoms with E-state index in [1.54, 1.807) is 6.07 Å². The second-order valence-corrected chi connectivity index (χ2v) is 6.20. The Morgan fingerprint density at radius 1 is 1.19 bits per heavy atom. The van der Waals surface area contributed by atoms with Gasteiger partial charge in [0.2, 0.25) is 0 Å². The summed E-state index contributed by atoms with van der Waals surface area (Å²) in [6, 6.07) is 15.0. The monoisotopic (exact) mass is 355 g/mol. The minimum atomic E-state index is -0.107. The Kier molecular flexibility index (Phi) is 6.50. The molecule has 1 heterocycles. The van der Waals surface area contributed by atoms with Crippen molar-refractivity contribution in [3.63, 3.8) is 0 Å². The average Bonchev–Trinajstić information content (AvgIpc) is 3.20. The predicted molar refractivity (Wildman–Crippen MR) is 99.7 cm³/mol. The summed E-state index contributed by atoms with van der Waals surface area (Å²) < 4.78 is 17.0. The minimum absolute atomic E-state index is 0.107. The fourth-order valence-corrected chi connectivity index (χ4v) is 2.92. The molecule has 0 spiro atoms. The first-order valence-electron chi connectivity index (χ1n) is 9.09. The fourth-order valence-electron chi connectivity index (χ4n) is 2.92. The van der Waals surface area contributed by atoms with E-state index in [9.17, 15) is 4.79 Å². The zero-order chi connectivity index (χ0) is 18.2. The van der Waals surface area contributed by atoms with Crippen LogP contribution in [0.1, 0.15) is 35.7 Å². The lowest BCUT2D eigenvalue weighted by Gasteiger charge is -2.14. The van der Waals surface area contributed by atoms with Gasteiger partial charge in [0.1, 0.15) is 18.1 Å². The molecule has 0 bridgehead atoms. The topological polar surface area (TPSA) is 56.8 Å². The Morgan fingerprint density at radius 3 is 2.77 bits per heavy atom. The van der Waals surface area contributed by atoms with E-state index in [2.05, 4.69) is 5.32 Å². The molecular weight excluding hydrogens is 330 g/mol. The zero-order valence-electron chi connectivity index (χ0n) is 15.1. The van der Waals surface area contributed by atoms with Gasteiger partial charge >= 0.3 is 0 Å². The van der Waals surface area contributed by atoms with Crippen molar-refractivity contribution in [1.82, 2.24) is 5.32 Å². The van der Waals surface area contributed by atoms with Crippen LogP contribution < -0.4 is 14.8 Å². The summed E-state index contributed by atoms with van der Waals surface area (Å²) in [7, 11) is 0. The second-order valence-electron chi connectivity index (χ2n) is 6.20. The normalized spacial score (nSPS) is 16.3. The Labute approximate surface area is 154 Å². The van der Waals surface area contributed by atoms with Crippen molar-refractivity contribution >= 4 is 5.91 Å².